The van der Waals surface area contributed by atoms with E-state index in [1.807, 2.05) is 20.8 Å². The van der Waals surface area contributed by atoms with Crippen molar-refractivity contribution in [1.82, 2.24) is 5.32 Å². The summed E-state index contributed by atoms with van der Waals surface area (Å²) in [4.78, 5) is 11.6. The van der Waals surface area contributed by atoms with Crippen molar-refractivity contribution in [2.24, 2.45) is 5.92 Å². The van der Waals surface area contributed by atoms with Gasteiger partial charge >= 0.3 is 6.09 Å². The van der Waals surface area contributed by atoms with Crippen molar-refractivity contribution in [3.8, 4) is 0 Å². The summed E-state index contributed by atoms with van der Waals surface area (Å²) >= 11 is 0. The molecule has 1 amide bonds. The summed E-state index contributed by atoms with van der Waals surface area (Å²) in [5.74, 6) is 0.790. The second-order valence-corrected chi connectivity index (χ2v) is 6.17. The first kappa shape index (κ1) is 15.1. The van der Waals surface area contributed by atoms with Crippen molar-refractivity contribution in [3.63, 3.8) is 0 Å². The maximum Gasteiger partial charge on any atom is 0.407 e. The topological polar surface area (TPSA) is 38.3 Å². The Bertz CT molecular complexity index is 283. The maximum atomic E-state index is 11.6. The highest BCUT2D eigenvalue weighted by Crippen LogP contribution is 2.27. The van der Waals surface area contributed by atoms with Crippen LogP contribution in [0.3, 0.4) is 0 Å². The molecule has 0 bridgehead atoms. The van der Waals surface area contributed by atoms with Crippen molar-refractivity contribution in [1.29, 1.82) is 0 Å². The summed E-state index contributed by atoms with van der Waals surface area (Å²) in [6.07, 6.45) is 9.80. The molecule has 18 heavy (non-hydrogen) atoms. The highest BCUT2D eigenvalue weighted by molar-refractivity contribution is 5.68. The zero-order valence-electron chi connectivity index (χ0n) is 12.2. The molecule has 3 heteroatoms. The van der Waals surface area contributed by atoms with Gasteiger partial charge in [-0.1, -0.05) is 12.2 Å². The fourth-order valence-corrected chi connectivity index (χ4v) is 2.35. The summed E-state index contributed by atoms with van der Waals surface area (Å²) < 4.78 is 5.27. The van der Waals surface area contributed by atoms with Crippen molar-refractivity contribution in [3.05, 3.63) is 12.2 Å². The van der Waals surface area contributed by atoms with Gasteiger partial charge in [0.05, 0.1) is 0 Å². The van der Waals surface area contributed by atoms with Gasteiger partial charge in [-0.2, -0.15) is 0 Å². The molecule has 0 saturated heterocycles. The second-order valence-electron chi connectivity index (χ2n) is 6.17. The third kappa shape index (κ3) is 6.08. The lowest BCUT2D eigenvalue weighted by molar-refractivity contribution is 0.0487. The molecule has 0 spiro atoms. The highest BCUT2D eigenvalue weighted by atomic mass is 16.6. The number of hydrogen-bond donors (Lipinski definition) is 1. The number of rotatable bonds is 3. The Morgan fingerprint density at radius 1 is 1.28 bits per heavy atom. The molecule has 0 aromatic heterocycles. The van der Waals surface area contributed by atoms with E-state index in [2.05, 4.69) is 24.4 Å². The molecular weight excluding hydrogens is 226 g/mol. The largest absolute Gasteiger partial charge is 0.444 e. The zero-order chi connectivity index (χ0) is 13.6. The number of alkyl carbamates (subject to hydrolysis) is 1. The Labute approximate surface area is 111 Å². The Hall–Kier alpha value is -0.990. The molecule has 0 radical (unpaired) electrons. The lowest BCUT2D eigenvalue weighted by Gasteiger charge is -2.29. The van der Waals surface area contributed by atoms with Crippen LogP contribution in [0.1, 0.15) is 59.8 Å². The van der Waals surface area contributed by atoms with Crippen LogP contribution in [-0.2, 0) is 4.74 Å². The van der Waals surface area contributed by atoms with Gasteiger partial charge in [0.1, 0.15) is 5.60 Å². The molecule has 1 aliphatic rings. The van der Waals surface area contributed by atoms with Gasteiger partial charge in [-0.3, -0.25) is 0 Å². The number of carbonyl (C=O) groups excluding carboxylic acids is 1. The van der Waals surface area contributed by atoms with E-state index in [0.29, 0.717) is 6.04 Å². The SMILES string of the molecule is C/C=C/CC1CCC(NC(=O)OC(C)(C)C)CC1. The standard InChI is InChI=1S/C15H27NO2/c1-5-6-7-12-8-10-13(11-9-12)16-14(17)18-15(2,3)4/h5-6,12-13H,7-11H2,1-4H3,(H,16,17)/b6-5+. The van der Waals surface area contributed by atoms with Crippen molar-refractivity contribution >= 4 is 6.09 Å². The maximum absolute atomic E-state index is 11.6. The van der Waals surface area contributed by atoms with Crippen LogP contribution >= 0.6 is 0 Å². The average molecular weight is 253 g/mol. The minimum Gasteiger partial charge on any atom is -0.444 e. The van der Waals surface area contributed by atoms with Crippen molar-refractivity contribution in [2.75, 3.05) is 0 Å². The Balaban J connectivity index is 2.25. The number of hydrogen-bond acceptors (Lipinski definition) is 2. The van der Waals surface area contributed by atoms with Gasteiger partial charge in [0, 0.05) is 6.04 Å². The molecular formula is C15H27NO2. The van der Waals surface area contributed by atoms with E-state index in [1.165, 1.54) is 19.3 Å². The highest BCUT2D eigenvalue weighted by Gasteiger charge is 2.24. The van der Waals surface area contributed by atoms with E-state index in [9.17, 15) is 4.79 Å². The van der Waals surface area contributed by atoms with E-state index < -0.39 is 5.60 Å². The fourth-order valence-electron chi connectivity index (χ4n) is 2.35. The predicted molar refractivity (Wildman–Crippen MR) is 74.5 cm³/mol. The van der Waals surface area contributed by atoms with E-state index >= 15 is 0 Å². The molecule has 1 rings (SSSR count). The fraction of sp³-hybridized carbons (Fsp3) is 0.800. The first-order valence-electron chi connectivity index (χ1n) is 7.01. The predicted octanol–water partition coefficient (Wildman–Crippen LogP) is 4.04. The van der Waals surface area contributed by atoms with Gasteiger partial charge < -0.3 is 10.1 Å². The van der Waals surface area contributed by atoms with Gasteiger partial charge in [0.15, 0.2) is 0 Å². The monoisotopic (exact) mass is 253 g/mol. The molecule has 0 unspecified atom stereocenters. The molecule has 3 nitrogen and oxygen atoms in total. The molecule has 1 aliphatic carbocycles. The molecule has 0 aliphatic heterocycles. The van der Waals surface area contributed by atoms with Crippen LogP contribution in [0, 0.1) is 5.92 Å². The molecule has 0 heterocycles. The molecule has 1 saturated carbocycles. The first-order chi connectivity index (χ1) is 8.40. The lowest BCUT2D eigenvalue weighted by Crippen LogP contribution is -2.40. The number of amides is 1. The molecule has 0 atom stereocenters. The summed E-state index contributed by atoms with van der Waals surface area (Å²) in [7, 11) is 0. The van der Waals surface area contributed by atoms with Crippen molar-refractivity contribution in [2.45, 2.75) is 71.4 Å². The summed E-state index contributed by atoms with van der Waals surface area (Å²) in [5, 5.41) is 2.97. The Morgan fingerprint density at radius 2 is 1.89 bits per heavy atom. The molecule has 0 aromatic carbocycles. The van der Waals surface area contributed by atoms with Crippen LogP contribution in [0.2, 0.25) is 0 Å². The summed E-state index contributed by atoms with van der Waals surface area (Å²) in [6.45, 7) is 7.73. The average Bonchev–Trinajstić information content (AvgIpc) is 2.25. The van der Waals surface area contributed by atoms with Crippen LogP contribution in [-0.4, -0.2) is 17.7 Å². The van der Waals surface area contributed by atoms with Crippen LogP contribution < -0.4 is 5.32 Å². The smallest absolute Gasteiger partial charge is 0.407 e. The number of ether oxygens (including phenoxy) is 1. The minimum absolute atomic E-state index is 0.278. The van der Waals surface area contributed by atoms with Gasteiger partial charge in [-0.25, -0.2) is 4.79 Å². The number of nitrogens with one attached hydrogen (secondary N) is 1. The number of carbonyl (C=O) groups is 1. The van der Waals surface area contributed by atoms with Crippen LogP contribution in [0.4, 0.5) is 4.79 Å². The van der Waals surface area contributed by atoms with Crippen LogP contribution in [0.25, 0.3) is 0 Å². The molecule has 1 N–H and O–H groups in total. The molecule has 104 valence electrons. The third-order valence-corrected chi connectivity index (χ3v) is 3.27. The van der Waals surface area contributed by atoms with E-state index in [4.69, 9.17) is 4.74 Å². The van der Waals surface area contributed by atoms with E-state index in [-0.39, 0.29) is 6.09 Å². The summed E-state index contributed by atoms with van der Waals surface area (Å²) in [6, 6.07) is 0.293. The zero-order valence-corrected chi connectivity index (χ0v) is 12.2. The van der Waals surface area contributed by atoms with E-state index in [0.717, 1.165) is 18.8 Å². The lowest BCUT2D eigenvalue weighted by atomic mass is 9.84. The molecule has 0 aromatic rings. The normalized spacial score (nSPS) is 25.1. The van der Waals surface area contributed by atoms with Gasteiger partial charge in [0.2, 0.25) is 0 Å². The third-order valence-electron chi connectivity index (χ3n) is 3.27. The molecule has 1 fully saturated rings. The quantitative estimate of drug-likeness (QED) is 0.771. The van der Waals surface area contributed by atoms with Gasteiger partial charge in [0.25, 0.3) is 0 Å². The Morgan fingerprint density at radius 3 is 2.39 bits per heavy atom. The van der Waals surface area contributed by atoms with Gasteiger partial charge in [-0.15, -0.1) is 0 Å². The minimum atomic E-state index is -0.410. The first-order valence-corrected chi connectivity index (χ1v) is 7.01. The van der Waals surface area contributed by atoms with Crippen LogP contribution in [0.5, 0.6) is 0 Å². The summed E-state index contributed by atoms with van der Waals surface area (Å²) in [5.41, 5.74) is -0.410. The van der Waals surface area contributed by atoms with Crippen molar-refractivity contribution < 1.29 is 9.53 Å². The Kier molecular flexibility index (Phi) is 5.70. The van der Waals surface area contributed by atoms with Crippen LogP contribution in [0.15, 0.2) is 12.2 Å². The number of allylic oxidation sites excluding steroid dienone is 2. The van der Waals surface area contributed by atoms with E-state index in [1.54, 1.807) is 0 Å². The second kappa shape index (κ2) is 6.81. The van der Waals surface area contributed by atoms with Gasteiger partial charge in [-0.05, 0) is 65.7 Å².